The first-order valence-electron chi connectivity index (χ1n) is 5.70. The molecule has 20 heavy (non-hydrogen) atoms. The van der Waals surface area contributed by atoms with E-state index in [1.54, 1.807) is 5.38 Å². The molecule has 2 rings (SSSR count). The summed E-state index contributed by atoms with van der Waals surface area (Å²) < 4.78 is 44.1. The predicted molar refractivity (Wildman–Crippen MR) is 72.2 cm³/mol. The number of nitrogens with zero attached hydrogens (tertiary/aromatic N) is 1. The van der Waals surface area contributed by atoms with E-state index < -0.39 is 11.7 Å². The highest BCUT2D eigenvalue weighted by Crippen LogP contribution is 2.37. The molecule has 0 aliphatic rings. The zero-order chi connectivity index (χ0) is 14.8. The fraction of sp³-hybridized carbons (Fsp3) is 0.308. The summed E-state index contributed by atoms with van der Waals surface area (Å²) in [7, 11) is 0. The molecule has 0 spiro atoms. The van der Waals surface area contributed by atoms with Gasteiger partial charge in [0.15, 0.2) is 0 Å². The Kier molecular flexibility index (Phi) is 4.55. The zero-order valence-electron chi connectivity index (χ0n) is 10.5. The van der Waals surface area contributed by atoms with E-state index in [2.05, 4.69) is 4.98 Å². The Morgan fingerprint density at radius 1 is 1.35 bits per heavy atom. The zero-order valence-corrected chi connectivity index (χ0v) is 12.1. The summed E-state index contributed by atoms with van der Waals surface area (Å²) in [6.07, 6.45) is -4.48. The van der Waals surface area contributed by atoms with Crippen molar-refractivity contribution in [3.63, 3.8) is 0 Å². The Labute approximate surface area is 123 Å². The molecular formula is C13H11ClF3NOS. The van der Waals surface area contributed by atoms with Crippen molar-refractivity contribution in [2.75, 3.05) is 0 Å². The summed E-state index contributed by atoms with van der Waals surface area (Å²) in [5.74, 6) is -0.189. The number of thiazole rings is 1. The van der Waals surface area contributed by atoms with Gasteiger partial charge >= 0.3 is 6.18 Å². The van der Waals surface area contributed by atoms with Gasteiger partial charge in [0.2, 0.25) is 0 Å². The topological polar surface area (TPSA) is 22.1 Å². The van der Waals surface area contributed by atoms with Crippen molar-refractivity contribution in [2.24, 2.45) is 0 Å². The Bertz CT molecular complexity index is 598. The van der Waals surface area contributed by atoms with Gasteiger partial charge in [-0.1, -0.05) is 6.07 Å². The lowest BCUT2D eigenvalue weighted by molar-refractivity contribution is -0.139. The summed E-state index contributed by atoms with van der Waals surface area (Å²) in [6.45, 7) is 1.83. The van der Waals surface area contributed by atoms with Crippen LogP contribution < -0.4 is 4.74 Å². The second-order valence-electron chi connectivity index (χ2n) is 4.11. The number of rotatable bonds is 4. The highest BCUT2D eigenvalue weighted by atomic mass is 35.5. The maximum Gasteiger partial charge on any atom is 0.419 e. The molecule has 0 radical (unpaired) electrons. The lowest BCUT2D eigenvalue weighted by Gasteiger charge is -2.14. The molecule has 1 heterocycles. The Hall–Kier alpha value is -1.27. The summed E-state index contributed by atoms with van der Waals surface area (Å²) in [4.78, 5) is 4.14. The van der Waals surface area contributed by atoms with Gasteiger partial charge in [0.05, 0.1) is 16.3 Å². The molecule has 0 unspecified atom stereocenters. The average Bonchev–Trinajstić information content (AvgIpc) is 2.81. The van der Waals surface area contributed by atoms with E-state index in [4.69, 9.17) is 16.3 Å². The molecule has 0 aliphatic carbocycles. The molecule has 0 amide bonds. The summed E-state index contributed by atoms with van der Waals surface area (Å²) in [5, 5.41) is 2.60. The maximum atomic E-state index is 13.0. The number of halogens is 4. The molecule has 108 valence electrons. The third-order valence-corrected chi connectivity index (χ3v) is 3.68. The largest absolute Gasteiger partial charge is 0.487 e. The van der Waals surface area contributed by atoms with Crippen LogP contribution in [0.1, 0.15) is 21.8 Å². The number of hydrogen-bond acceptors (Lipinski definition) is 3. The van der Waals surface area contributed by atoms with Crippen LogP contribution in [0.2, 0.25) is 0 Å². The van der Waals surface area contributed by atoms with Crippen LogP contribution >= 0.6 is 22.9 Å². The lowest BCUT2D eigenvalue weighted by Crippen LogP contribution is -2.09. The van der Waals surface area contributed by atoms with Gasteiger partial charge in [-0.05, 0) is 24.6 Å². The number of aryl methyl sites for hydroxylation is 1. The molecular weight excluding hydrogens is 311 g/mol. The maximum absolute atomic E-state index is 13.0. The fourth-order valence-corrected chi connectivity index (χ4v) is 2.40. The molecule has 0 N–H and O–H groups in total. The quantitative estimate of drug-likeness (QED) is 0.755. The predicted octanol–water partition coefficient (Wildman–Crippen LogP) is 4.79. The van der Waals surface area contributed by atoms with E-state index in [1.165, 1.54) is 23.5 Å². The van der Waals surface area contributed by atoms with Crippen LogP contribution in [0.3, 0.4) is 0 Å². The van der Waals surface area contributed by atoms with Gasteiger partial charge < -0.3 is 4.74 Å². The minimum atomic E-state index is -4.48. The van der Waals surface area contributed by atoms with Crippen molar-refractivity contribution in [3.8, 4) is 5.75 Å². The van der Waals surface area contributed by atoms with Gasteiger partial charge in [-0.25, -0.2) is 4.98 Å². The first-order chi connectivity index (χ1) is 9.40. The van der Waals surface area contributed by atoms with E-state index in [0.29, 0.717) is 11.3 Å². The summed E-state index contributed by atoms with van der Waals surface area (Å²) >= 11 is 6.98. The molecule has 1 aromatic carbocycles. The standard InChI is InChI=1S/C13H11ClF3NOS/c1-8-18-10(7-20-8)6-19-12-3-2-9(5-14)4-11(12)13(15,16)17/h2-4,7H,5-6H2,1H3. The van der Waals surface area contributed by atoms with Crippen molar-refractivity contribution >= 4 is 22.9 Å². The number of benzene rings is 1. The van der Waals surface area contributed by atoms with Crippen LogP contribution in [0, 0.1) is 6.92 Å². The van der Waals surface area contributed by atoms with Gasteiger partial charge in [0.25, 0.3) is 0 Å². The Morgan fingerprint density at radius 2 is 2.10 bits per heavy atom. The fourth-order valence-electron chi connectivity index (χ4n) is 1.63. The third-order valence-electron chi connectivity index (χ3n) is 2.55. The monoisotopic (exact) mass is 321 g/mol. The number of alkyl halides is 4. The van der Waals surface area contributed by atoms with E-state index in [9.17, 15) is 13.2 Å². The van der Waals surface area contributed by atoms with Gasteiger partial charge in [0, 0.05) is 11.3 Å². The first-order valence-corrected chi connectivity index (χ1v) is 7.11. The first kappa shape index (κ1) is 15.1. The molecule has 2 aromatic rings. The van der Waals surface area contributed by atoms with E-state index in [1.807, 2.05) is 6.92 Å². The molecule has 0 atom stereocenters. The Morgan fingerprint density at radius 3 is 2.65 bits per heavy atom. The number of aromatic nitrogens is 1. The second kappa shape index (κ2) is 6.01. The van der Waals surface area contributed by atoms with Gasteiger partial charge in [-0.15, -0.1) is 22.9 Å². The molecule has 0 saturated heterocycles. The SMILES string of the molecule is Cc1nc(COc2ccc(CCl)cc2C(F)(F)F)cs1. The summed E-state index contributed by atoms with van der Waals surface area (Å²) in [6, 6.07) is 3.82. The molecule has 1 aromatic heterocycles. The van der Waals surface area contributed by atoms with E-state index in [-0.39, 0.29) is 18.2 Å². The van der Waals surface area contributed by atoms with E-state index in [0.717, 1.165) is 11.1 Å². The van der Waals surface area contributed by atoms with Crippen molar-refractivity contribution in [3.05, 3.63) is 45.4 Å². The van der Waals surface area contributed by atoms with Crippen LogP contribution in [0.15, 0.2) is 23.6 Å². The smallest absolute Gasteiger partial charge is 0.419 e. The van der Waals surface area contributed by atoms with Gasteiger partial charge in [-0.2, -0.15) is 13.2 Å². The Balaban J connectivity index is 2.22. The van der Waals surface area contributed by atoms with Crippen molar-refractivity contribution in [1.29, 1.82) is 0 Å². The van der Waals surface area contributed by atoms with E-state index >= 15 is 0 Å². The van der Waals surface area contributed by atoms with Crippen molar-refractivity contribution in [2.45, 2.75) is 25.6 Å². The van der Waals surface area contributed by atoms with Gasteiger partial charge in [0.1, 0.15) is 12.4 Å². The van der Waals surface area contributed by atoms with Gasteiger partial charge in [-0.3, -0.25) is 0 Å². The number of hydrogen-bond donors (Lipinski definition) is 0. The normalized spacial score (nSPS) is 11.7. The van der Waals surface area contributed by atoms with Crippen LogP contribution in [0.4, 0.5) is 13.2 Å². The minimum absolute atomic E-state index is 0.00758. The molecule has 0 aliphatic heterocycles. The molecule has 7 heteroatoms. The van der Waals surface area contributed by atoms with Crippen molar-refractivity contribution < 1.29 is 17.9 Å². The summed E-state index contributed by atoms with van der Waals surface area (Å²) in [5.41, 5.74) is 0.195. The van der Waals surface area contributed by atoms with Crippen LogP contribution in [0.25, 0.3) is 0 Å². The molecule has 2 nitrogen and oxygen atoms in total. The lowest BCUT2D eigenvalue weighted by atomic mass is 10.1. The third kappa shape index (κ3) is 3.64. The highest BCUT2D eigenvalue weighted by Gasteiger charge is 2.34. The molecule has 0 bridgehead atoms. The van der Waals surface area contributed by atoms with Crippen LogP contribution in [0.5, 0.6) is 5.75 Å². The average molecular weight is 322 g/mol. The van der Waals surface area contributed by atoms with Crippen LogP contribution in [-0.4, -0.2) is 4.98 Å². The van der Waals surface area contributed by atoms with Crippen LogP contribution in [-0.2, 0) is 18.7 Å². The highest BCUT2D eigenvalue weighted by molar-refractivity contribution is 7.09. The molecule has 0 saturated carbocycles. The minimum Gasteiger partial charge on any atom is -0.487 e. The second-order valence-corrected chi connectivity index (χ2v) is 5.44. The number of ether oxygens (including phenoxy) is 1. The van der Waals surface area contributed by atoms with Crippen molar-refractivity contribution in [1.82, 2.24) is 4.98 Å². The molecule has 0 fully saturated rings.